The number of hydrogen-bond acceptors (Lipinski definition) is 10. The molecule has 0 spiro atoms. The van der Waals surface area contributed by atoms with Gasteiger partial charge in [0.2, 0.25) is 23.5 Å². The molecule has 0 saturated carbocycles. The van der Waals surface area contributed by atoms with Crippen LogP contribution in [0.2, 0.25) is 0 Å². The molecule has 0 aliphatic rings. The number of nitrogens with one attached hydrogen (secondary N) is 2. The van der Waals surface area contributed by atoms with E-state index >= 15 is 0 Å². The normalized spacial score (nSPS) is 10.4. The Labute approximate surface area is 204 Å². The van der Waals surface area contributed by atoms with Crippen molar-refractivity contribution in [1.82, 2.24) is 30.4 Å². The van der Waals surface area contributed by atoms with E-state index in [0.717, 1.165) is 0 Å². The van der Waals surface area contributed by atoms with Crippen molar-refractivity contribution >= 4 is 35.1 Å². The van der Waals surface area contributed by atoms with Gasteiger partial charge in [0, 0.05) is 38.1 Å². The van der Waals surface area contributed by atoms with E-state index in [0.29, 0.717) is 11.4 Å². The lowest BCUT2D eigenvalue weighted by Gasteiger charge is -2.10. The number of hydrogen-bond donors (Lipinski definition) is 4. The van der Waals surface area contributed by atoms with Crippen LogP contribution in [0.15, 0.2) is 36.7 Å². The van der Waals surface area contributed by atoms with Gasteiger partial charge in [-0.3, -0.25) is 29.1 Å². The van der Waals surface area contributed by atoms with E-state index < -0.39 is 11.9 Å². The Morgan fingerprint density at radius 2 is 1.03 bits per heavy atom. The van der Waals surface area contributed by atoms with E-state index in [1.807, 2.05) is 0 Å². The minimum Gasteiger partial charge on any atom is -0.481 e. The second-order valence-electron chi connectivity index (χ2n) is 7.44. The van der Waals surface area contributed by atoms with E-state index in [1.54, 1.807) is 24.3 Å². The number of aliphatic carboxylic acids is 2. The van der Waals surface area contributed by atoms with Gasteiger partial charge in [-0.2, -0.15) is 0 Å². The predicted octanol–water partition coefficient (Wildman–Crippen LogP) is 1.78. The van der Waals surface area contributed by atoms with Crippen LogP contribution in [0.25, 0.3) is 23.0 Å². The van der Waals surface area contributed by atoms with Crippen molar-refractivity contribution < 1.29 is 29.4 Å². The Hall–Kier alpha value is -4.88. The molecule has 0 unspecified atom stereocenters. The summed E-state index contributed by atoms with van der Waals surface area (Å²) in [6.07, 6.45) is 3.12. The predicted molar refractivity (Wildman–Crippen MR) is 124 cm³/mol. The van der Waals surface area contributed by atoms with Crippen molar-refractivity contribution in [3.63, 3.8) is 0 Å². The highest BCUT2D eigenvalue weighted by Crippen LogP contribution is 2.24. The molecule has 3 heterocycles. The van der Waals surface area contributed by atoms with Crippen LogP contribution in [0.5, 0.6) is 0 Å². The fourth-order valence-corrected chi connectivity index (χ4v) is 3.01. The quantitative estimate of drug-likeness (QED) is 0.284. The SMILES string of the molecule is O=C(O)CCCC(=O)Nc1cccnc1-c1nnc(-c2ncccc2NC(=O)CCCC(=O)O)nn1. The number of rotatable bonds is 12. The maximum Gasteiger partial charge on any atom is 0.303 e. The van der Waals surface area contributed by atoms with Crippen molar-refractivity contribution in [3.05, 3.63) is 36.7 Å². The van der Waals surface area contributed by atoms with Crippen molar-refractivity contribution in [3.8, 4) is 23.0 Å². The maximum atomic E-state index is 12.2. The molecular formula is C22H22N8O6. The molecule has 0 bridgehead atoms. The molecule has 3 aromatic rings. The largest absolute Gasteiger partial charge is 0.481 e. The van der Waals surface area contributed by atoms with Crippen molar-refractivity contribution in [2.24, 2.45) is 0 Å². The van der Waals surface area contributed by atoms with Gasteiger partial charge >= 0.3 is 11.9 Å². The lowest BCUT2D eigenvalue weighted by Crippen LogP contribution is -2.14. The molecular weight excluding hydrogens is 472 g/mol. The summed E-state index contributed by atoms with van der Waals surface area (Å²) in [6.45, 7) is 0. The zero-order valence-corrected chi connectivity index (χ0v) is 18.9. The molecule has 0 aliphatic carbocycles. The number of carboxylic acid groups (broad SMARTS) is 2. The van der Waals surface area contributed by atoms with E-state index in [-0.39, 0.29) is 73.4 Å². The van der Waals surface area contributed by atoms with Crippen LogP contribution in [0.3, 0.4) is 0 Å². The first kappa shape index (κ1) is 25.7. The molecule has 0 fully saturated rings. The van der Waals surface area contributed by atoms with Gasteiger partial charge < -0.3 is 20.8 Å². The van der Waals surface area contributed by atoms with Gasteiger partial charge in [-0.15, -0.1) is 20.4 Å². The van der Waals surface area contributed by atoms with E-state index in [2.05, 4.69) is 41.0 Å². The van der Waals surface area contributed by atoms with Crippen LogP contribution < -0.4 is 10.6 Å². The lowest BCUT2D eigenvalue weighted by atomic mass is 10.2. The van der Waals surface area contributed by atoms with Crippen molar-refractivity contribution in [2.75, 3.05) is 10.6 Å². The van der Waals surface area contributed by atoms with Crippen LogP contribution >= 0.6 is 0 Å². The maximum absolute atomic E-state index is 12.2. The van der Waals surface area contributed by atoms with Gasteiger partial charge in [-0.1, -0.05) is 0 Å². The third-order valence-electron chi connectivity index (χ3n) is 4.66. The highest BCUT2D eigenvalue weighted by atomic mass is 16.4. The molecule has 3 aromatic heterocycles. The van der Waals surface area contributed by atoms with Crippen LogP contribution in [0, 0.1) is 0 Å². The minimum atomic E-state index is -0.982. The Morgan fingerprint density at radius 3 is 1.39 bits per heavy atom. The number of aromatic nitrogens is 6. The molecule has 36 heavy (non-hydrogen) atoms. The summed E-state index contributed by atoms with van der Waals surface area (Å²) >= 11 is 0. The Morgan fingerprint density at radius 1 is 0.639 bits per heavy atom. The Balaban J connectivity index is 1.73. The number of pyridine rings is 2. The lowest BCUT2D eigenvalue weighted by molar-refractivity contribution is -0.138. The van der Waals surface area contributed by atoms with Gasteiger partial charge in [0.05, 0.1) is 11.4 Å². The average Bonchev–Trinajstić information content (AvgIpc) is 2.84. The molecule has 14 heteroatoms. The standard InChI is InChI=1S/C22H22N8O6/c31-15(7-1-9-17(33)34)25-13-5-3-11-23-19(13)21-27-29-22(30-28-21)20-14(6-4-12-24-20)26-16(32)8-2-10-18(35)36/h3-6,11-12H,1-2,7-10H2,(H,25,31)(H,26,32)(H,33,34)(H,35,36). The highest BCUT2D eigenvalue weighted by Gasteiger charge is 2.17. The molecule has 0 saturated heterocycles. The number of anilines is 2. The first-order chi connectivity index (χ1) is 17.3. The van der Waals surface area contributed by atoms with Crippen LogP contribution in [-0.2, 0) is 19.2 Å². The van der Waals surface area contributed by atoms with Gasteiger partial charge in [-0.25, -0.2) is 0 Å². The third-order valence-corrected chi connectivity index (χ3v) is 4.66. The van der Waals surface area contributed by atoms with Gasteiger partial charge in [0.1, 0.15) is 11.4 Å². The first-order valence-corrected chi connectivity index (χ1v) is 10.8. The summed E-state index contributed by atoms with van der Waals surface area (Å²) in [5, 5.41) is 38.9. The topological polar surface area (TPSA) is 210 Å². The summed E-state index contributed by atoms with van der Waals surface area (Å²) in [5.74, 6) is -2.69. The number of amides is 2. The molecule has 4 N–H and O–H groups in total. The summed E-state index contributed by atoms with van der Waals surface area (Å²) in [7, 11) is 0. The minimum absolute atomic E-state index is 0.0153. The molecule has 0 aliphatic heterocycles. The molecule has 3 rings (SSSR count). The second kappa shape index (κ2) is 12.5. The van der Waals surface area contributed by atoms with Crippen molar-refractivity contribution in [1.29, 1.82) is 0 Å². The third kappa shape index (κ3) is 7.58. The smallest absolute Gasteiger partial charge is 0.303 e. The van der Waals surface area contributed by atoms with Gasteiger partial charge in [0.15, 0.2) is 0 Å². The molecule has 0 aromatic carbocycles. The monoisotopic (exact) mass is 494 g/mol. The summed E-state index contributed by atoms with van der Waals surface area (Å²) < 4.78 is 0. The van der Waals surface area contributed by atoms with Crippen LogP contribution in [-0.4, -0.2) is 64.3 Å². The first-order valence-electron chi connectivity index (χ1n) is 10.8. The summed E-state index contributed by atoms with van der Waals surface area (Å²) in [4.78, 5) is 54.0. The molecule has 0 radical (unpaired) electrons. The summed E-state index contributed by atoms with van der Waals surface area (Å²) in [6, 6.07) is 6.38. The number of carboxylic acids is 2. The Bertz CT molecular complexity index is 1150. The molecule has 186 valence electrons. The molecule has 0 atom stereocenters. The Kier molecular flexibility index (Phi) is 8.97. The fraction of sp³-hybridized carbons (Fsp3) is 0.273. The fourth-order valence-electron chi connectivity index (χ4n) is 3.01. The van der Waals surface area contributed by atoms with E-state index in [1.165, 1.54) is 12.4 Å². The van der Waals surface area contributed by atoms with E-state index in [4.69, 9.17) is 10.2 Å². The van der Waals surface area contributed by atoms with Crippen LogP contribution in [0.1, 0.15) is 38.5 Å². The molecule has 2 amide bonds. The van der Waals surface area contributed by atoms with Gasteiger partial charge in [0.25, 0.3) is 0 Å². The highest BCUT2D eigenvalue weighted by molar-refractivity contribution is 5.94. The number of carbonyl (C=O) groups excluding carboxylic acids is 2. The molecule has 14 nitrogen and oxygen atoms in total. The zero-order valence-electron chi connectivity index (χ0n) is 18.9. The zero-order chi connectivity index (χ0) is 25.9. The van der Waals surface area contributed by atoms with Crippen LogP contribution in [0.4, 0.5) is 11.4 Å². The average molecular weight is 494 g/mol. The second-order valence-corrected chi connectivity index (χ2v) is 7.44. The number of nitrogens with zero attached hydrogens (tertiary/aromatic N) is 6. The van der Waals surface area contributed by atoms with E-state index in [9.17, 15) is 19.2 Å². The number of carbonyl (C=O) groups is 4. The van der Waals surface area contributed by atoms with Crippen molar-refractivity contribution in [2.45, 2.75) is 38.5 Å². The van der Waals surface area contributed by atoms with Gasteiger partial charge in [-0.05, 0) is 37.1 Å². The summed E-state index contributed by atoms with van der Waals surface area (Å²) in [5.41, 5.74) is 1.04.